The van der Waals surface area contributed by atoms with E-state index in [1.807, 2.05) is 19.9 Å². The van der Waals surface area contributed by atoms with Crippen molar-refractivity contribution in [3.63, 3.8) is 0 Å². The molecular weight excluding hydrogens is 264 g/mol. The van der Waals surface area contributed by atoms with Crippen LogP contribution >= 0.6 is 10.7 Å². The van der Waals surface area contributed by atoms with E-state index in [0.717, 1.165) is 11.1 Å². The number of halogens is 1. The lowest BCUT2D eigenvalue weighted by Gasteiger charge is -2.23. The first kappa shape index (κ1) is 12.5. The predicted octanol–water partition coefficient (Wildman–Crippen LogP) is 2.14. The summed E-state index contributed by atoms with van der Waals surface area (Å²) in [5.74, 6) is 0.853. The van der Waals surface area contributed by atoms with Gasteiger partial charge in [0, 0.05) is 16.2 Å². The summed E-state index contributed by atoms with van der Waals surface area (Å²) in [5, 5.41) is 0. The van der Waals surface area contributed by atoms with Crippen molar-refractivity contribution in [1.29, 1.82) is 0 Å². The second kappa shape index (κ2) is 4.38. The van der Waals surface area contributed by atoms with Gasteiger partial charge in [-0.3, -0.25) is 0 Å². The van der Waals surface area contributed by atoms with E-state index in [1.165, 1.54) is 0 Å². The van der Waals surface area contributed by atoms with Crippen LogP contribution in [0.2, 0.25) is 0 Å². The van der Waals surface area contributed by atoms with Crippen LogP contribution in [-0.4, -0.2) is 21.6 Å². The first-order valence-corrected chi connectivity index (χ1v) is 7.67. The predicted molar refractivity (Wildman–Crippen MR) is 65.4 cm³/mol. The van der Waals surface area contributed by atoms with E-state index < -0.39 is 9.05 Å². The molecule has 2 rings (SSSR count). The molecule has 0 spiro atoms. The maximum atomic E-state index is 11.2. The number of hydrogen-bond acceptors (Lipinski definition) is 4. The Morgan fingerprint density at radius 2 is 1.94 bits per heavy atom. The summed E-state index contributed by atoms with van der Waals surface area (Å²) < 4.78 is 33.4. The minimum Gasteiger partial charge on any atom is -0.486 e. The molecule has 0 aliphatic carbocycles. The summed E-state index contributed by atoms with van der Waals surface area (Å²) in [5.41, 5.74) is 2.43. The molecule has 0 radical (unpaired) electrons. The number of rotatable bonds is 2. The van der Waals surface area contributed by atoms with Crippen LogP contribution in [0.4, 0.5) is 0 Å². The number of benzene rings is 1. The average Bonchev–Trinajstić information content (AvgIpc) is 2.23. The number of fused-ring (bicyclic) bond motifs is 1. The van der Waals surface area contributed by atoms with Crippen LogP contribution in [0.1, 0.15) is 16.7 Å². The Morgan fingerprint density at radius 1 is 1.29 bits per heavy atom. The topological polar surface area (TPSA) is 52.6 Å². The molecule has 0 unspecified atom stereocenters. The molecule has 1 heterocycles. The lowest BCUT2D eigenvalue weighted by molar-refractivity contribution is 0.170. The minimum absolute atomic E-state index is 0.242. The van der Waals surface area contributed by atoms with Crippen LogP contribution in [0.25, 0.3) is 0 Å². The highest BCUT2D eigenvalue weighted by molar-refractivity contribution is 8.13. The molecule has 0 aromatic heterocycles. The second-order valence-electron chi connectivity index (χ2n) is 4.00. The zero-order chi connectivity index (χ0) is 12.6. The first-order chi connectivity index (χ1) is 7.88. The summed E-state index contributed by atoms with van der Waals surface area (Å²) in [6.45, 7) is 4.65. The Balaban J connectivity index is 2.58. The minimum atomic E-state index is -3.61. The molecule has 17 heavy (non-hydrogen) atoms. The molecule has 0 saturated carbocycles. The summed E-state index contributed by atoms with van der Waals surface area (Å²) in [4.78, 5) is 0. The molecule has 1 aliphatic rings. The molecule has 0 amide bonds. The van der Waals surface area contributed by atoms with E-state index in [1.54, 1.807) is 0 Å². The van der Waals surface area contributed by atoms with Crippen LogP contribution in [0.3, 0.4) is 0 Å². The standard InChI is InChI=1S/C11H13ClO4S/c1-7-5-10-11(16-4-3-15-10)9(8(7)2)6-17(12,13)14/h5H,3-4,6H2,1-2H3. The van der Waals surface area contributed by atoms with Gasteiger partial charge < -0.3 is 9.47 Å². The van der Waals surface area contributed by atoms with Crippen molar-refractivity contribution in [3.8, 4) is 11.5 Å². The molecular formula is C11H13ClO4S. The van der Waals surface area contributed by atoms with Crippen molar-refractivity contribution in [3.05, 3.63) is 22.8 Å². The largest absolute Gasteiger partial charge is 0.486 e. The lowest BCUT2D eigenvalue weighted by atomic mass is 10.0. The van der Waals surface area contributed by atoms with Crippen LogP contribution < -0.4 is 9.47 Å². The molecule has 0 saturated heterocycles. The van der Waals surface area contributed by atoms with Gasteiger partial charge in [-0.15, -0.1) is 0 Å². The van der Waals surface area contributed by atoms with Gasteiger partial charge in [-0.1, -0.05) is 0 Å². The normalized spacial score (nSPS) is 14.8. The molecule has 1 aliphatic heterocycles. The van der Waals surface area contributed by atoms with Gasteiger partial charge in [0.15, 0.2) is 11.5 Å². The van der Waals surface area contributed by atoms with E-state index in [2.05, 4.69) is 0 Å². The van der Waals surface area contributed by atoms with E-state index in [4.69, 9.17) is 20.2 Å². The van der Waals surface area contributed by atoms with Gasteiger partial charge in [0.05, 0.1) is 5.75 Å². The summed E-state index contributed by atoms with van der Waals surface area (Å²) in [7, 11) is 1.70. The Hall–Kier alpha value is -0.940. The molecule has 0 atom stereocenters. The quantitative estimate of drug-likeness (QED) is 0.777. The molecule has 4 nitrogen and oxygen atoms in total. The Labute approximate surface area is 105 Å². The third-order valence-electron chi connectivity index (χ3n) is 2.79. The van der Waals surface area contributed by atoms with Crippen molar-refractivity contribution in [2.45, 2.75) is 19.6 Å². The summed E-state index contributed by atoms with van der Waals surface area (Å²) in [6.07, 6.45) is 0. The van der Waals surface area contributed by atoms with Crippen molar-refractivity contribution in [1.82, 2.24) is 0 Å². The maximum absolute atomic E-state index is 11.2. The Bertz CT molecular complexity index is 551. The van der Waals surface area contributed by atoms with E-state index in [9.17, 15) is 8.42 Å². The van der Waals surface area contributed by atoms with Gasteiger partial charge >= 0.3 is 0 Å². The Kier molecular flexibility index (Phi) is 3.23. The molecule has 94 valence electrons. The second-order valence-corrected chi connectivity index (χ2v) is 6.78. The molecule has 1 aromatic rings. The third-order valence-corrected chi connectivity index (χ3v) is 3.75. The lowest BCUT2D eigenvalue weighted by Crippen LogP contribution is -2.18. The number of ether oxygens (including phenoxy) is 2. The maximum Gasteiger partial charge on any atom is 0.236 e. The zero-order valence-electron chi connectivity index (χ0n) is 9.62. The molecule has 0 bridgehead atoms. The van der Waals surface area contributed by atoms with Gasteiger partial charge in [0.25, 0.3) is 0 Å². The highest BCUT2D eigenvalue weighted by atomic mass is 35.7. The van der Waals surface area contributed by atoms with Gasteiger partial charge in [0.2, 0.25) is 9.05 Å². The summed E-state index contributed by atoms with van der Waals surface area (Å²) >= 11 is 0. The van der Waals surface area contributed by atoms with Crippen LogP contribution in [-0.2, 0) is 14.8 Å². The molecule has 1 aromatic carbocycles. The highest BCUT2D eigenvalue weighted by Gasteiger charge is 2.22. The zero-order valence-corrected chi connectivity index (χ0v) is 11.2. The fraction of sp³-hybridized carbons (Fsp3) is 0.455. The highest BCUT2D eigenvalue weighted by Crippen LogP contribution is 2.38. The average molecular weight is 277 g/mol. The SMILES string of the molecule is Cc1cc2c(c(CS(=O)(=O)Cl)c1C)OCCO2. The molecule has 0 N–H and O–H groups in total. The first-order valence-electron chi connectivity index (χ1n) is 5.19. The van der Waals surface area contributed by atoms with Crippen LogP contribution in [0, 0.1) is 13.8 Å². The van der Waals surface area contributed by atoms with E-state index in [0.29, 0.717) is 30.3 Å². The number of hydrogen-bond donors (Lipinski definition) is 0. The van der Waals surface area contributed by atoms with Gasteiger partial charge in [0.1, 0.15) is 13.2 Å². The number of aryl methyl sites for hydroxylation is 1. The smallest absolute Gasteiger partial charge is 0.236 e. The van der Waals surface area contributed by atoms with Crippen LogP contribution in [0.5, 0.6) is 11.5 Å². The Morgan fingerprint density at radius 3 is 2.59 bits per heavy atom. The van der Waals surface area contributed by atoms with E-state index in [-0.39, 0.29) is 5.75 Å². The third kappa shape index (κ3) is 2.66. The van der Waals surface area contributed by atoms with Crippen molar-refractivity contribution < 1.29 is 17.9 Å². The van der Waals surface area contributed by atoms with Crippen molar-refractivity contribution in [2.75, 3.05) is 13.2 Å². The van der Waals surface area contributed by atoms with Crippen molar-refractivity contribution in [2.24, 2.45) is 0 Å². The van der Waals surface area contributed by atoms with Gasteiger partial charge in [-0.05, 0) is 31.0 Å². The van der Waals surface area contributed by atoms with E-state index >= 15 is 0 Å². The fourth-order valence-electron chi connectivity index (χ4n) is 1.83. The molecule has 0 fully saturated rings. The van der Waals surface area contributed by atoms with Crippen LogP contribution in [0.15, 0.2) is 6.07 Å². The molecule has 6 heteroatoms. The monoisotopic (exact) mass is 276 g/mol. The van der Waals surface area contributed by atoms with Gasteiger partial charge in [-0.2, -0.15) is 0 Å². The van der Waals surface area contributed by atoms with Gasteiger partial charge in [-0.25, -0.2) is 8.42 Å². The summed E-state index contributed by atoms with van der Waals surface area (Å²) in [6, 6.07) is 1.86. The van der Waals surface area contributed by atoms with Crippen molar-refractivity contribution >= 4 is 19.7 Å². The fourth-order valence-corrected chi connectivity index (χ4v) is 2.85.